The Labute approximate surface area is 77.7 Å². The van der Waals surface area contributed by atoms with Crippen LogP contribution in [0, 0.1) is 58.7 Å². The molecule has 0 fully saturated rings. The molecule has 0 aromatic carbocycles. The molecule has 0 aromatic rings. The highest BCUT2D eigenvalue weighted by Gasteiger charge is 1.54. The molecule has 0 saturated heterocycles. The molecule has 0 heterocycles. The zero-order chi connectivity index (χ0) is 9.07. The molecule has 0 rings (SSSR count). The predicted octanol–water partition coefficient (Wildman–Crippen LogP) is 1.22. The molecule has 0 amide bonds. The van der Waals surface area contributed by atoms with E-state index in [9.17, 15) is 0 Å². The van der Waals surface area contributed by atoms with Crippen molar-refractivity contribution in [1.29, 1.82) is 0 Å². The Morgan fingerprint density at radius 1 is 0.667 bits per heavy atom. The van der Waals surface area contributed by atoms with E-state index in [1.807, 2.05) is 0 Å². The van der Waals surface area contributed by atoms with Crippen molar-refractivity contribution in [2.24, 2.45) is 0 Å². The van der Waals surface area contributed by atoms with Crippen LogP contribution < -0.4 is 0 Å². The molecule has 12 heavy (non-hydrogen) atoms. The fourth-order valence-corrected chi connectivity index (χ4v) is 0.321. The Hall–Kier alpha value is -1.91. The van der Waals surface area contributed by atoms with Crippen molar-refractivity contribution in [3.63, 3.8) is 0 Å². The molecule has 0 spiro atoms. The van der Waals surface area contributed by atoms with Crippen molar-refractivity contribution in [3.05, 3.63) is 0 Å². The lowest BCUT2D eigenvalue weighted by Gasteiger charge is -1.54. The van der Waals surface area contributed by atoms with E-state index in [4.69, 9.17) is 11.6 Å². The summed E-state index contributed by atoms with van der Waals surface area (Å²) in [6.45, 7) is 1.71. The van der Waals surface area contributed by atoms with Crippen molar-refractivity contribution in [2.45, 2.75) is 6.92 Å². The maximum Gasteiger partial charge on any atom is 0.0184 e. The van der Waals surface area contributed by atoms with Gasteiger partial charge in [-0.1, -0.05) is 5.92 Å². The topological polar surface area (TPSA) is 0 Å². The molecule has 0 atom stereocenters. The van der Waals surface area contributed by atoms with Crippen molar-refractivity contribution in [2.75, 3.05) is 0 Å². The largest absolute Gasteiger partial charge is 0.0925 e. The van der Waals surface area contributed by atoms with E-state index in [0.29, 0.717) is 0 Å². The van der Waals surface area contributed by atoms with Gasteiger partial charge in [-0.15, -0.1) is 0 Å². The van der Waals surface area contributed by atoms with Crippen molar-refractivity contribution < 1.29 is 0 Å². The normalized spacial score (nSPS) is 3.83. The summed E-state index contributed by atoms with van der Waals surface area (Å²) in [6, 6.07) is 0. The van der Waals surface area contributed by atoms with Gasteiger partial charge >= 0.3 is 0 Å². The van der Waals surface area contributed by atoms with Gasteiger partial charge in [-0.05, 0) is 42.2 Å². The first kappa shape index (κ1) is 10.1. The molecule has 0 unspecified atom stereocenters. The second kappa shape index (κ2) is 9.09. The first-order valence-electron chi connectivity index (χ1n) is 2.94. The fraction of sp³-hybridized carbons (Fsp3) is 0.0909. The summed E-state index contributed by atoms with van der Waals surface area (Å²) in [5.74, 6) is 22.3. The lowest BCUT2D eigenvalue weighted by Crippen LogP contribution is -1.53. The summed E-state index contributed by atoms with van der Waals surface area (Å²) >= 11 is 5.02. The molecular weight excluding hydrogens is 168 g/mol. The molecule has 0 N–H and O–H groups in total. The smallest absolute Gasteiger partial charge is 0.0184 e. The summed E-state index contributed by atoms with van der Waals surface area (Å²) in [5, 5.41) is 2.10. The third-order valence-corrected chi connectivity index (χ3v) is 0.704. The molecule has 0 bridgehead atoms. The number of rotatable bonds is 0. The maximum atomic E-state index is 5.02. The second-order valence-corrected chi connectivity index (χ2v) is 1.53. The molecular formula is C11H3Cl. The van der Waals surface area contributed by atoms with Crippen molar-refractivity contribution in [1.82, 2.24) is 0 Å². The van der Waals surface area contributed by atoms with Gasteiger partial charge in [0.15, 0.2) is 0 Å². The van der Waals surface area contributed by atoms with Gasteiger partial charge in [0.05, 0.1) is 0 Å². The fourth-order valence-electron chi connectivity index (χ4n) is 0.274. The van der Waals surface area contributed by atoms with Gasteiger partial charge in [-0.2, -0.15) is 0 Å². The lowest BCUT2D eigenvalue weighted by molar-refractivity contribution is 1.92. The molecule has 0 aromatic heterocycles. The van der Waals surface area contributed by atoms with E-state index in [0.717, 1.165) is 0 Å². The first-order chi connectivity index (χ1) is 5.91. The van der Waals surface area contributed by atoms with Gasteiger partial charge in [0.2, 0.25) is 0 Å². The summed E-state index contributed by atoms with van der Waals surface area (Å²) in [5.41, 5.74) is 0. The molecule has 0 aliphatic carbocycles. The summed E-state index contributed by atoms with van der Waals surface area (Å²) in [7, 11) is 0. The zero-order valence-corrected chi connectivity index (χ0v) is 7.13. The van der Waals surface area contributed by atoms with Crippen LogP contribution in [0.2, 0.25) is 0 Å². The van der Waals surface area contributed by atoms with Crippen LogP contribution in [0.25, 0.3) is 0 Å². The highest BCUT2D eigenvalue weighted by atomic mass is 35.5. The standard InChI is InChI=1S/C11H3Cl/c1-2-3-4-5-6-7-8-9-10-11-12/h1H3. The Bertz CT molecular complexity index is 386. The summed E-state index contributed by atoms with van der Waals surface area (Å²) in [6.07, 6.45) is 0. The van der Waals surface area contributed by atoms with E-state index in [1.54, 1.807) is 6.92 Å². The van der Waals surface area contributed by atoms with E-state index in [-0.39, 0.29) is 0 Å². The van der Waals surface area contributed by atoms with Crippen LogP contribution in [0.5, 0.6) is 0 Å². The van der Waals surface area contributed by atoms with Gasteiger partial charge in [-0.3, -0.25) is 0 Å². The van der Waals surface area contributed by atoms with Crippen molar-refractivity contribution >= 4 is 11.6 Å². The third-order valence-electron chi connectivity index (χ3n) is 0.610. The predicted molar refractivity (Wildman–Crippen MR) is 50.4 cm³/mol. The molecule has 0 aliphatic heterocycles. The number of halogens is 1. The molecule has 0 aliphatic rings. The van der Waals surface area contributed by atoms with E-state index in [2.05, 4.69) is 58.7 Å². The van der Waals surface area contributed by atoms with Crippen LogP contribution in [0.3, 0.4) is 0 Å². The van der Waals surface area contributed by atoms with E-state index in [1.165, 1.54) is 0 Å². The average molecular weight is 171 g/mol. The SMILES string of the molecule is CC#CC#CC#CC#CC#CCl. The molecule has 0 radical (unpaired) electrons. The monoisotopic (exact) mass is 170 g/mol. The second-order valence-electron chi connectivity index (χ2n) is 1.34. The minimum atomic E-state index is 1.71. The average Bonchev–Trinajstić information content (AvgIpc) is 2.10. The number of hydrogen-bond acceptors (Lipinski definition) is 0. The Morgan fingerprint density at radius 2 is 1.08 bits per heavy atom. The van der Waals surface area contributed by atoms with E-state index >= 15 is 0 Å². The van der Waals surface area contributed by atoms with Gasteiger partial charge < -0.3 is 0 Å². The minimum Gasteiger partial charge on any atom is -0.0925 e. The molecule has 0 saturated carbocycles. The van der Waals surface area contributed by atoms with Crippen LogP contribution >= 0.6 is 11.6 Å². The quantitative estimate of drug-likeness (QED) is 0.480. The van der Waals surface area contributed by atoms with Gasteiger partial charge in [0.25, 0.3) is 0 Å². The Balaban J connectivity index is 4.07. The van der Waals surface area contributed by atoms with Crippen LogP contribution in [-0.2, 0) is 0 Å². The highest BCUT2D eigenvalue weighted by molar-refractivity contribution is 6.30. The summed E-state index contributed by atoms with van der Waals surface area (Å²) < 4.78 is 0. The summed E-state index contributed by atoms with van der Waals surface area (Å²) in [4.78, 5) is 0. The molecule has 0 nitrogen and oxygen atoms in total. The zero-order valence-electron chi connectivity index (χ0n) is 6.38. The van der Waals surface area contributed by atoms with Gasteiger partial charge in [-0.25, -0.2) is 0 Å². The number of hydrogen-bond donors (Lipinski definition) is 0. The van der Waals surface area contributed by atoms with Gasteiger partial charge in [0.1, 0.15) is 0 Å². The Kier molecular flexibility index (Phi) is 7.64. The molecule has 1 heteroatoms. The minimum absolute atomic E-state index is 1.71. The Morgan fingerprint density at radius 3 is 1.50 bits per heavy atom. The molecule has 54 valence electrons. The van der Waals surface area contributed by atoms with Crippen LogP contribution in [-0.4, -0.2) is 0 Å². The highest BCUT2D eigenvalue weighted by Crippen LogP contribution is 1.60. The maximum absolute atomic E-state index is 5.02. The lowest BCUT2D eigenvalue weighted by atomic mass is 10.5. The van der Waals surface area contributed by atoms with E-state index < -0.39 is 0 Å². The van der Waals surface area contributed by atoms with Crippen molar-refractivity contribution in [3.8, 4) is 58.7 Å². The first-order valence-corrected chi connectivity index (χ1v) is 3.32. The van der Waals surface area contributed by atoms with Crippen LogP contribution in [0.4, 0.5) is 0 Å². The third kappa shape index (κ3) is 8.09. The van der Waals surface area contributed by atoms with Crippen LogP contribution in [0.1, 0.15) is 6.92 Å². The van der Waals surface area contributed by atoms with Crippen LogP contribution in [0.15, 0.2) is 0 Å². The van der Waals surface area contributed by atoms with Gasteiger partial charge in [0, 0.05) is 29.1 Å².